The van der Waals surface area contributed by atoms with Gasteiger partial charge in [-0.2, -0.15) is 0 Å². The molecule has 130 valence electrons. The molecule has 0 aliphatic rings. The number of hydrogen-bond donors (Lipinski definition) is 0. The molecular weight excluding hydrogens is 366 g/mol. The fourth-order valence-corrected chi connectivity index (χ4v) is 4.06. The molecule has 1 aromatic carbocycles. The molecule has 0 saturated heterocycles. The van der Waals surface area contributed by atoms with Crippen LogP contribution in [-0.4, -0.2) is 31.8 Å². The van der Waals surface area contributed by atoms with Crippen LogP contribution in [0.5, 0.6) is 5.75 Å². The van der Waals surface area contributed by atoms with Crippen molar-refractivity contribution in [2.45, 2.75) is 10.9 Å². The Morgan fingerprint density at radius 3 is 2.81 bits per heavy atom. The number of nitrogens with zero attached hydrogens (tertiary/aromatic N) is 5. The summed E-state index contributed by atoms with van der Waals surface area (Å²) in [4.78, 5) is 9.29. The topological polar surface area (TPSA) is 65.7 Å². The molecule has 0 spiro atoms. The zero-order valence-electron chi connectivity index (χ0n) is 13.9. The van der Waals surface area contributed by atoms with E-state index in [2.05, 4.69) is 20.2 Å². The first-order valence-corrected chi connectivity index (χ1v) is 9.73. The van der Waals surface area contributed by atoms with Crippen molar-refractivity contribution in [1.29, 1.82) is 0 Å². The van der Waals surface area contributed by atoms with Crippen molar-refractivity contribution >= 4 is 23.1 Å². The van der Waals surface area contributed by atoms with Gasteiger partial charge < -0.3 is 4.74 Å². The van der Waals surface area contributed by atoms with Crippen molar-refractivity contribution in [2.75, 3.05) is 7.11 Å². The minimum atomic E-state index is 0.681. The lowest BCUT2D eigenvalue weighted by Gasteiger charge is -2.13. The molecule has 0 radical (unpaired) electrons. The second-order valence-electron chi connectivity index (χ2n) is 5.28. The highest BCUT2D eigenvalue weighted by atomic mass is 32.2. The van der Waals surface area contributed by atoms with Crippen LogP contribution in [0.2, 0.25) is 0 Å². The number of ether oxygens (including phenoxy) is 1. The Hall–Kier alpha value is -2.71. The minimum Gasteiger partial charge on any atom is -0.495 e. The molecule has 0 aliphatic heterocycles. The maximum absolute atomic E-state index is 5.56. The molecule has 4 aromatic rings. The molecule has 0 amide bonds. The Morgan fingerprint density at radius 2 is 2.04 bits per heavy atom. The number of aromatic nitrogens is 5. The fraction of sp³-hybridized carbons (Fsp3) is 0.111. The SMILES string of the molecule is COc1ccccc1-n1c(SCc2ccncn2)nnc1-c1cccs1. The van der Waals surface area contributed by atoms with Gasteiger partial charge in [0.15, 0.2) is 11.0 Å². The third-order valence-corrected chi connectivity index (χ3v) is 5.52. The van der Waals surface area contributed by atoms with Crippen LogP contribution in [0.3, 0.4) is 0 Å². The Kier molecular flexibility index (Phi) is 4.94. The lowest BCUT2D eigenvalue weighted by Crippen LogP contribution is -2.02. The van der Waals surface area contributed by atoms with Crippen molar-refractivity contribution < 1.29 is 4.74 Å². The maximum Gasteiger partial charge on any atom is 0.196 e. The van der Waals surface area contributed by atoms with Gasteiger partial charge in [-0.1, -0.05) is 30.0 Å². The summed E-state index contributed by atoms with van der Waals surface area (Å²) in [6, 6.07) is 13.8. The molecule has 0 atom stereocenters. The average Bonchev–Trinajstić information content (AvgIpc) is 3.36. The van der Waals surface area contributed by atoms with Gasteiger partial charge in [-0.05, 0) is 29.6 Å². The molecule has 0 fully saturated rings. The first kappa shape index (κ1) is 16.7. The van der Waals surface area contributed by atoms with E-state index in [1.54, 1.807) is 42.7 Å². The number of thioether (sulfide) groups is 1. The molecule has 8 heteroatoms. The quantitative estimate of drug-likeness (QED) is 0.469. The van der Waals surface area contributed by atoms with E-state index in [0.717, 1.165) is 33.0 Å². The molecule has 0 saturated carbocycles. The number of methoxy groups -OCH3 is 1. The Balaban J connectivity index is 1.77. The van der Waals surface area contributed by atoms with E-state index in [1.807, 2.05) is 52.4 Å². The molecule has 6 nitrogen and oxygen atoms in total. The minimum absolute atomic E-state index is 0.681. The van der Waals surface area contributed by atoms with Crippen molar-refractivity contribution in [3.63, 3.8) is 0 Å². The van der Waals surface area contributed by atoms with Gasteiger partial charge in [0.05, 0.1) is 23.4 Å². The van der Waals surface area contributed by atoms with Gasteiger partial charge in [0.2, 0.25) is 0 Å². The molecule has 0 N–H and O–H groups in total. The van der Waals surface area contributed by atoms with Crippen LogP contribution in [0.25, 0.3) is 16.4 Å². The van der Waals surface area contributed by atoms with Gasteiger partial charge in [0.25, 0.3) is 0 Å². The largest absolute Gasteiger partial charge is 0.495 e. The number of hydrogen-bond acceptors (Lipinski definition) is 7. The molecule has 26 heavy (non-hydrogen) atoms. The summed E-state index contributed by atoms with van der Waals surface area (Å²) in [5, 5.41) is 11.7. The van der Waals surface area contributed by atoms with E-state index in [9.17, 15) is 0 Å². The number of benzene rings is 1. The second kappa shape index (κ2) is 7.67. The van der Waals surface area contributed by atoms with Gasteiger partial charge in [-0.3, -0.25) is 4.57 Å². The Labute approximate surface area is 158 Å². The second-order valence-corrected chi connectivity index (χ2v) is 7.17. The Bertz CT molecular complexity index is 986. The average molecular weight is 381 g/mol. The monoisotopic (exact) mass is 381 g/mol. The van der Waals surface area contributed by atoms with E-state index in [-0.39, 0.29) is 0 Å². The van der Waals surface area contributed by atoms with Crippen LogP contribution in [0.1, 0.15) is 5.69 Å². The smallest absolute Gasteiger partial charge is 0.196 e. The predicted molar refractivity (Wildman–Crippen MR) is 103 cm³/mol. The van der Waals surface area contributed by atoms with Gasteiger partial charge in [0, 0.05) is 11.9 Å². The normalized spacial score (nSPS) is 10.8. The van der Waals surface area contributed by atoms with Crippen LogP contribution in [0.4, 0.5) is 0 Å². The first-order valence-electron chi connectivity index (χ1n) is 7.87. The van der Waals surface area contributed by atoms with Crippen molar-refractivity contribution in [1.82, 2.24) is 24.7 Å². The number of rotatable bonds is 6. The van der Waals surface area contributed by atoms with Crippen LogP contribution in [0.15, 0.2) is 65.5 Å². The van der Waals surface area contributed by atoms with E-state index in [0.29, 0.717) is 5.75 Å². The first-order chi connectivity index (χ1) is 12.9. The Morgan fingerprint density at radius 1 is 1.12 bits per heavy atom. The van der Waals surface area contributed by atoms with E-state index in [1.165, 1.54) is 0 Å². The molecule has 3 aromatic heterocycles. The highest BCUT2D eigenvalue weighted by Gasteiger charge is 2.19. The van der Waals surface area contributed by atoms with Crippen molar-refractivity contribution in [2.24, 2.45) is 0 Å². The molecule has 0 bridgehead atoms. The number of para-hydroxylation sites is 2. The predicted octanol–water partition coefficient (Wildman–Crippen LogP) is 4.09. The molecular formula is C18H15N5OS2. The summed E-state index contributed by atoms with van der Waals surface area (Å²) in [5.41, 5.74) is 1.85. The lowest BCUT2D eigenvalue weighted by atomic mass is 10.3. The van der Waals surface area contributed by atoms with Gasteiger partial charge in [0.1, 0.15) is 12.1 Å². The zero-order chi connectivity index (χ0) is 17.8. The highest BCUT2D eigenvalue weighted by molar-refractivity contribution is 7.98. The van der Waals surface area contributed by atoms with Crippen molar-refractivity contribution in [3.05, 3.63) is 66.1 Å². The van der Waals surface area contributed by atoms with Gasteiger partial charge in [-0.15, -0.1) is 21.5 Å². The fourth-order valence-electron chi connectivity index (χ4n) is 2.50. The van der Waals surface area contributed by atoms with Crippen LogP contribution >= 0.6 is 23.1 Å². The van der Waals surface area contributed by atoms with Crippen LogP contribution < -0.4 is 4.74 Å². The van der Waals surface area contributed by atoms with E-state index in [4.69, 9.17) is 4.74 Å². The zero-order valence-corrected chi connectivity index (χ0v) is 15.6. The molecule has 0 aliphatic carbocycles. The molecule has 3 heterocycles. The van der Waals surface area contributed by atoms with E-state index < -0.39 is 0 Å². The highest BCUT2D eigenvalue weighted by Crippen LogP contribution is 2.34. The third-order valence-electron chi connectivity index (χ3n) is 3.69. The summed E-state index contributed by atoms with van der Waals surface area (Å²) in [6.45, 7) is 0. The molecule has 4 rings (SSSR count). The van der Waals surface area contributed by atoms with Crippen molar-refractivity contribution in [3.8, 4) is 22.1 Å². The van der Waals surface area contributed by atoms with Crippen LogP contribution in [-0.2, 0) is 5.75 Å². The summed E-state index contributed by atoms with van der Waals surface area (Å²) in [6.07, 6.45) is 3.29. The lowest BCUT2D eigenvalue weighted by molar-refractivity contribution is 0.412. The van der Waals surface area contributed by atoms with E-state index >= 15 is 0 Å². The summed E-state index contributed by atoms with van der Waals surface area (Å²) in [5.74, 6) is 2.25. The standard InChI is InChI=1S/C18H15N5OS2/c1-24-15-6-3-2-5-14(15)23-17(16-7-4-10-25-16)21-22-18(23)26-11-13-8-9-19-12-20-13/h2-10,12H,11H2,1H3. The molecule has 0 unspecified atom stereocenters. The summed E-state index contributed by atoms with van der Waals surface area (Å²) >= 11 is 3.21. The summed E-state index contributed by atoms with van der Waals surface area (Å²) < 4.78 is 7.59. The summed E-state index contributed by atoms with van der Waals surface area (Å²) in [7, 11) is 1.67. The van der Waals surface area contributed by atoms with Crippen LogP contribution in [0, 0.1) is 0 Å². The number of thiophene rings is 1. The maximum atomic E-state index is 5.56. The third kappa shape index (κ3) is 3.33. The van der Waals surface area contributed by atoms with Gasteiger partial charge in [-0.25, -0.2) is 9.97 Å². The van der Waals surface area contributed by atoms with Gasteiger partial charge >= 0.3 is 0 Å².